The Kier molecular flexibility index (Phi) is 10.4. The Morgan fingerprint density at radius 1 is 0.912 bits per heavy atom. The van der Waals surface area contributed by atoms with Crippen LogP contribution in [0, 0.1) is 11.8 Å². The van der Waals surface area contributed by atoms with Crippen molar-refractivity contribution >= 4 is 17.8 Å². The summed E-state index contributed by atoms with van der Waals surface area (Å²) >= 11 is 0. The molecule has 10 heteroatoms. The average Bonchev–Trinajstić information content (AvgIpc) is 2.84. The molecule has 0 aromatic heterocycles. The van der Waals surface area contributed by atoms with Crippen LogP contribution in [0.3, 0.4) is 0 Å². The second-order valence-electron chi connectivity index (χ2n) is 8.69. The Morgan fingerprint density at radius 2 is 1.53 bits per heavy atom. The van der Waals surface area contributed by atoms with Gasteiger partial charge in [0.25, 0.3) is 0 Å². The molecule has 0 saturated carbocycles. The lowest BCUT2D eigenvalue weighted by Gasteiger charge is -2.37. The van der Waals surface area contributed by atoms with E-state index >= 15 is 0 Å². The van der Waals surface area contributed by atoms with Crippen molar-refractivity contribution in [2.75, 3.05) is 47.5 Å². The lowest BCUT2D eigenvalue weighted by atomic mass is 9.92. The summed E-state index contributed by atoms with van der Waals surface area (Å²) in [7, 11) is 4.91. The first kappa shape index (κ1) is 27.2. The van der Waals surface area contributed by atoms with Crippen LogP contribution < -0.4 is 14.2 Å². The zero-order valence-electron chi connectivity index (χ0n) is 20.4. The molecule has 0 aliphatic carbocycles. The molecular weight excluding hydrogens is 444 g/mol. The molecule has 190 valence electrons. The standard InChI is InChI=1S/C22H34N2O4.C2H2O4/c1-16-6-5-11-24(14-16)22(25)17-9-12-23(13-10-17)15-18-7-8-19(26-2)21(28-4)20(18)27-3;3-1(4)2(5)6/h7-8,16-17H,5-6,9-15H2,1-4H3;(H,3,4)(H,5,6). The Hall–Kier alpha value is -3.01. The van der Waals surface area contributed by atoms with Gasteiger partial charge in [0.1, 0.15) is 0 Å². The number of piperidine rings is 2. The zero-order valence-corrected chi connectivity index (χ0v) is 20.4. The highest BCUT2D eigenvalue weighted by Crippen LogP contribution is 2.40. The fourth-order valence-corrected chi connectivity index (χ4v) is 4.51. The van der Waals surface area contributed by atoms with Crippen molar-refractivity contribution < 1.29 is 38.8 Å². The van der Waals surface area contributed by atoms with Crippen molar-refractivity contribution in [2.45, 2.75) is 39.2 Å². The molecule has 1 aromatic rings. The number of aliphatic carboxylic acids is 2. The lowest BCUT2D eigenvalue weighted by Crippen LogP contribution is -2.45. The van der Waals surface area contributed by atoms with E-state index in [0.717, 1.165) is 63.3 Å². The third-order valence-corrected chi connectivity index (χ3v) is 6.27. The number of ether oxygens (including phenoxy) is 3. The molecule has 2 fully saturated rings. The van der Waals surface area contributed by atoms with Crippen LogP contribution in [-0.4, -0.2) is 85.4 Å². The Balaban J connectivity index is 0.000000604. The normalized spacial score (nSPS) is 18.9. The summed E-state index contributed by atoms with van der Waals surface area (Å²) in [6.07, 6.45) is 4.25. The molecule has 1 unspecified atom stereocenters. The van der Waals surface area contributed by atoms with Crippen LogP contribution in [0.25, 0.3) is 0 Å². The zero-order chi connectivity index (χ0) is 25.3. The number of hydrogen-bond donors (Lipinski definition) is 2. The molecule has 34 heavy (non-hydrogen) atoms. The number of carbonyl (C=O) groups excluding carboxylic acids is 1. The van der Waals surface area contributed by atoms with Gasteiger partial charge >= 0.3 is 11.9 Å². The van der Waals surface area contributed by atoms with Crippen LogP contribution in [0.1, 0.15) is 38.2 Å². The molecular formula is C24H36N2O8. The number of methoxy groups -OCH3 is 3. The SMILES string of the molecule is COc1ccc(CN2CCC(C(=O)N3CCCC(C)C3)CC2)c(OC)c1OC.O=C(O)C(=O)O. The van der Waals surface area contributed by atoms with E-state index in [4.69, 9.17) is 34.0 Å². The van der Waals surface area contributed by atoms with Crippen LogP contribution in [0.5, 0.6) is 17.2 Å². The van der Waals surface area contributed by atoms with E-state index in [1.807, 2.05) is 12.1 Å². The van der Waals surface area contributed by atoms with E-state index in [9.17, 15) is 4.79 Å². The van der Waals surface area contributed by atoms with Crippen LogP contribution in [0.2, 0.25) is 0 Å². The third kappa shape index (κ3) is 7.24. The molecule has 1 amide bonds. The number of hydrogen-bond acceptors (Lipinski definition) is 7. The van der Waals surface area contributed by atoms with Gasteiger partial charge in [-0.2, -0.15) is 0 Å². The molecule has 0 bridgehead atoms. The first-order chi connectivity index (χ1) is 16.2. The fourth-order valence-electron chi connectivity index (χ4n) is 4.51. The predicted octanol–water partition coefficient (Wildman–Crippen LogP) is 2.34. The molecule has 2 aliphatic heterocycles. The maximum Gasteiger partial charge on any atom is 0.414 e. The lowest BCUT2D eigenvalue weighted by molar-refractivity contribution is -0.159. The number of likely N-dealkylation sites (tertiary alicyclic amines) is 2. The largest absolute Gasteiger partial charge is 0.493 e. The minimum absolute atomic E-state index is 0.175. The quantitative estimate of drug-likeness (QED) is 0.590. The van der Waals surface area contributed by atoms with Crippen LogP contribution in [0.15, 0.2) is 12.1 Å². The highest BCUT2D eigenvalue weighted by Gasteiger charge is 2.31. The van der Waals surface area contributed by atoms with Crippen LogP contribution in [0.4, 0.5) is 0 Å². The minimum atomic E-state index is -1.82. The van der Waals surface area contributed by atoms with Gasteiger partial charge in [0.05, 0.1) is 21.3 Å². The molecule has 10 nitrogen and oxygen atoms in total. The molecule has 2 N–H and O–H groups in total. The number of nitrogens with zero attached hydrogens (tertiary/aromatic N) is 2. The van der Waals surface area contributed by atoms with Gasteiger partial charge in [0.2, 0.25) is 11.7 Å². The maximum absolute atomic E-state index is 12.9. The molecule has 1 atom stereocenters. The van der Waals surface area contributed by atoms with E-state index < -0.39 is 11.9 Å². The molecule has 0 spiro atoms. The fraction of sp³-hybridized carbons (Fsp3) is 0.625. The number of carboxylic acid groups (broad SMARTS) is 2. The summed E-state index contributed by atoms with van der Waals surface area (Å²) in [6.45, 7) is 6.76. The summed E-state index contributed by atoms with van der Waals surface area (Å²) in [5.41, 5.74) is 1.08. The van der Waals surface area contributed by atoms with Gasteiger partial charge < -0.3 is 29.3 Å². The van der Waals surface area contributed by atoms with E-state index in [-0.39, 0.29) is 5.92 Å². The second-order valence-corrected chi connectivity index (χ2v) is 8.69. The predicted molar refractivity (Wildman–Crippen MR) is 124 cm³/mol. The maximum atomic E-state index is 12.9. The van der Waals surface area contributed by atoms with Crippen LogP contribution in [-0.2, 0) is 20.9 Å². The van der Waals surface area contributed by atoms with Gasteiger partial charge in [-0.3, -0.25) is 9.69 Å². The van der Waals surface area contributed by atoms with E-state index in [1.54, 1.807) is 21.3 Å². The Labute approximate surface area is 200 Å². The van der Waals surface area contributed by atoms with E-state index in [1.165, 1.54) is 6.42 Å². The molecule has 1 aromatic carbocycles. The van der Waals surface area contributed by atoms with Gasteiger partial charge in [-0.15, -0.1) is 0 Å². The van der Waals surface area contributed by atoms with Crippen molar-refractivity contribution in [3.05, 3.63) is 17.7 Å². The Bertz CT molecular complexity index is 840. The van der Waals surface area contributed by atoms with Gasteiger partial charge in [0.15, 0.2) is 11.5 Å². The number of amides is 1. The molecule has 0 radical (unpaired) electrons. The number of carbonyl (C=O) groups is 3. The van der Waals surface area contributed by atoms with Crippen LogP contribution >= 0.6 is 0 Å². The summed E-state index contributed by atoms with van der Waals surface area (Å²) in [6, 6.07) is 3.96. The topological polar surface area (TPSA) is 126 Å². The number of benzene rings is 1. The van der Waals surface area contributed by atoms with E-state index in [0.29, 0.717) is 23.3 Å². The summed E-state index contributed by atoms with van der Waals surface area (Å²) < 4.78 is 16.5. The van der Waals surface area contributed by atoms with Gasteiger partial charge in [0, 0.05) is 31.1 Å². The number of carboxylic acids is 2. The van der Waals surface area contributed by atoms with Gasteiger partial charge in [-0.25, -0.2) is 9.59 Å². The summed E-state index contributed by atoms with van der Waals surface area (Å²) in [4.78, 5) is 35.6. The van der Waals surface area contributed by atoms with Crippen molar-refractivity contribution in [1.82, 2.24) is 9.80 Å². The number of rotatable bonds is 6. The van der Waals surface area contributed by atoms with Crippen molar-refractivity contribution in [1.29, 1.82) is 0 Å². The van der Waals surface area contributed by atoms with Gasteiger partial charge in [-0.05, 0) is 50.8 Å². The highest BCUT2D eigenvalue weighted by molar-refractivity contribution is 6.27. The van der Waals surface area contributed by atoms with Gasteiger partial charge in [-0.1, -0.05) is 13.0 Å². The Morgan fingerprint density at radius 3 is 2.03 bits per heavy atom. The second kappa shape index (κ2) is 13.0. The van der Waals surface area contributed by atoms with Crippen molar-refractivity contribution in [3.8, 4) is 17.2 Å². The molecule has 2 heterocycles. The van der Waals surface area contributed by atoms with Crippen molar-refractivity contribution in [3.63, 3.8) is 0 Å². The first-order valence-corrected chi connectivity index (χ1v) is 11.5. The monoisotopic (exact) mass is 480 g/mol. The third-order valence-electron chi connectivity index (χ3n) is 6.27. The summed E-state index contributed by atoms with van der Waals surface area (Å²) in [5, 5.41) is 14.8. The first-order valence-electron chi connectivity index (χ1n) is 11.5. The summed E-state index contributed by atoms with van der Waals surface area (Å²) in [5.74, 6) is -0.443. The molecule has 2 saturated heterocycles. The minimum Gasteiger partial charge on any atom is -0.493 e. The van der Waals surface area contributed by atoms with Crippen molar-refractivity contribution in [2.24, 2.45) is 11.8 Å². The molecule has 3 rings (SSSR count). The molecule has 2 aliphatic rings. The highest BCUT2D eigenvalue weighted by atomic mass is 16.5. The smallest absolute Gasteiger partial charge is 0.414 e. The van der Waals surface area contributed by atoms with E-state index in [2.05, 4.69) is 16.7 Å². The average molecular weight is 481 g/mol.